The molecule has 12 nitrogen and oxygen atoms in total. The van der Waals surface area contributed by atoms with E-state index in [0.29, 0.717) is 12.4 Å². The van der Waals surface area contributed by atoms with E-state index in [0.717, 1.165) is 52.3 Å². The van der Waals surface area contributed by atoms with Crippen molar-refractivity contribution in [2.24, 2.45) is 11.3 Å². The fraction of sp³-hybridized carbons (Fsp3) is 0.462. The van der Waals surface area contributed by atoms with Gasteiger partial charge in [0.25, 0.3) is 0 Å². The number of ether oxygens (including phenoxy) is 2. The van der Waals surface area contributed by atoms with Crippen molar-refractivity contribution in [2.75, 3.05) is 13.7 Å². The molecule has 0 radical (unpaired) electrons. The van der Waals surface area contributed by atoms with Gasteiger partial charge in [0.2, 0.25) is 5.91 Å². The van der Waals surface area contributed by atoms with E-state index in [1.165, 1.54) is 7.11 Å². The van der Waals surface area contributed by atoms with Crippen molar-refractivity contribution in [3.63, 3.8) is 0 Å². The summed E-state index contributed by atoms with van der Waals surface area (Å²) in [6.45, 7) is 16.1. The third kappa shape index (κ3) is 8.97. The smallest absolute Gasteiger partial charge is 0.408 e. The first kappa shape index (κ1) is 37.1. The van der Waals surface area contributed by atoms with Gasteiger partial charge in [-0.1, -0.05) is 83.1 Å². The van der Waals surface area contributed by atoms with Crippen LogP contribution in [0.25, 0.3) is 33.6 Å². The highest BCUT2D eigenvalue weighted by Gasteiger charge is 2.37. The highest BCUT2D eigenvalue weighted by molar-refractivity contribution is 5.86. The van der Waals surface area contributed by atoms with Gasteiger partial charge in [-0.3, -0.25) is 4.79 Å². The maximum absolute atomic E-state index is 13.5. The number of hydrogen-bond acceptors (Lipinski definition) is 7. The third-order valence-electron chi connectivity index (χ3n) is 8.96. The van der Waals surface area contributed by atoms with Crippen molar-refractivity contribution in [1.29, 1.82) is 0 Å². The van der Waals surface area contributed by atoms with Gasteiger partial charge >= 0.3 is 12.2 Å². The molecule has 3 atom stereocenters. The van der Waals surface area contributed by atoms with Crippen molar-refractivity contribution in [3.8, 4) is 33.6 Å². The van der Waals surface area contributed by atoms with Crippen molar-refractivity contribution in [1.82, 2.24) is 35.5 Å². The molecule has 2 aromatic carbocycles. The lowest BCUT2D eigenvalue weighted by Gasteiger charge is -2.31. The van der Waals surface area contributed by atoms with Gasteiger partial charge in [-0.15, -0.1) is 0 Å². The zero-order valence-electron chi connectivity index (χ0n) is 31.1. The molecule has 1 aliphatic heterocycles. The summed E-state index contributed by atoms with van der Waals surface area (Å²) in [6.07, 6.45) is 4.13. The van der Waals surface area contributed by atoms with Crippen molar-refractivity contribution in [2.45, 2.75) is 92.0 Å². The molecule has 2 aromatic heterocycles. The molecule has 4 aromatic rings. The number of likely N-dealkylation sites (tertiary alicyclic amines) is 1. The molecule has 4 N–H and O–H groups in total. The minimum absolute atomic E-state index is 0.0981. The number of carbonyl (C=O) groups is 3. The summed E-state index contributed by atoms with van der Waals surface area (Å²) < 4.78 is 10.2. The number of methoxy groups -OCH3 is 1. The van der Waals surface area contributed by atoms with E-state index in [-0.39, 0.29) is 29.3 Å². The van der Waals surface area contributed by atoms with E-state index in [1.807, 2.05) is 72.4 Å². The largest absolute Gasteiger partial charge is 0.453 e. The van der Waals surface area contributed by atoms with E-state index in [1.54, 1.807) is 12.4 Å². The molecular weight excluding hydrogens is 646 g/mol. The average molecular weight is 698 g/mol. The molecule has 3 heterocycles. The van der Waals surface area contributed by atoms with Crippen molar-refractivity contribution >= 4 is 18.1 Å². The number of nitrogens with zero attached hydrogens (tertiary/aromatic N) is 3. The second-order valence-corrected chi connectivity index (χ2v) is 15.5. The molecule has 0 bridgehead atoms. The van der Waals surface area contributed by atoms with Crippen molar-refractivity contribution in [3.05, 3.63) is 72.6 Å². The van der Waals surface area contributed by atoms with Gasteiger partial charge < -0.3 is 35.0 Å². The van der Waals surface area contributed by atoms with Gasteiger partial charge in [0.15, 0.2) is 0 Å². The number of alkyl carbamates (subject to hydrolysis) is 2. The van der Waals surface area contributed by atoms with Gasteiger partial charge in [-0.2, -0.15) is 0 Å². The van der Waals surface area contributed by atoms with Crippen LogP contribution >= 0.6 is 0 Å². The summed E-state index contributed by atoms with van der Waals surface area (Å²) in [5.74, 6) is 1.16. The molecule has 1 aliphatic rings. The van der Waals surface area contributed by atoms with Crippen LogP contribution in [0.1, 0.15) is 92.0 Å². The second-order valence-electron chi connectivity index (χ2n) is 15.5. The normalized spacial score (nSPS) is 16.1. The number of nitrogens with one attached hydrogen (secondary N) is 4. The van der Waals surface area contributed by atoms with E-state index < -0.39 is 23.8 Å². The van der Waals surface area contributed by atoms with Gasteiger partial charge in [0, 0.05) is 6.54 Å². The first-order valence-corrected chi connectivity index (χ1v) is 17.5. The van der Waals surface area contributed by atoms with Crippen LogP contribution in [0.4, 0.5) is 9.59 Å². The SMILES string of the molecule is COC(=O)N[C@H](C(=O)N1CCC[C@H]1c1ncc(-c2ccc(-c3ccc(-c4cnc([C@@H](NC(=O)OC(C)(C)C)C(C)(C)C)[nH]4)cc3)cc2)[nH]1)C(C)C. The van der Waals surface area contributed by atoms with Crippen LogP contribution < -0.4 is 10.6 Å². The molecule has 51 heavy (non-hydrogen) atoms. The van der Waals surface area contributed by atoms with Crippen molar-refractivity contribution < 1.29 is 23.9 Å². The predicted octanol–water partition coefficient (Wildman–Crippen LogP) is 7.79. The van der Waals surface area contributed by atoms with Gasteiger partial charge in [-0.25, -0.2) is 19.6 Å². The number of amides is 3. The molecular formula is C39H51N7O5. The highest BCUT2D eigenvalue weighted by atomic mass is 16.6. The number of imidazole rings is 2. The first-order chi connectivity index (χ1) is 24.0. The minimum Gasteiger partial charge on any atom is -0.453 e. The first-order valence-electron chi connectivity index (χ1n) is 17.5. The molecule has 0 saturated carbocycles. The summed E-state index contributed by atoms with van der Waals surface area (Å²) in [5.41, 5.74) is 4.90. The predicted molar refractivity (Wildman–Crippen MR) is 196 cm³/mol. The average Bonchev–Trinajstić information content (AvgIpc) is 3.86. The molecule has 0 aliphatic carbocycles. The number of hydrogen-bond donors (Lipinski definition) is 4. The topological polar surface area (TPSA) is 154 Å². The Morgan fingerprint density at radius 3 is 1.88 bits per heavy atom. The Labute approximate surface area is 300 Å². The Bertz CT molecular complexity index is 1810. The molecule has 1 saturated heterocycles. The molecule has 12 heteroatoms. The quantitative estimate of drug-likeness (QED) is 0.139. The maximum atomic E-state index is 13.5. The molecule has 0 spiro atoms. The summed E-state index contributed by atoms with van der Waals surface area (Å²) in [7, 11) is 1.29. The summed E-state index contributed by atoms with van der Waals surface area (Å²) in [5, 5.41) is 5.68. The monoisotopic (exact) mass is 697 g/mol. The Hall–Kier alpha value is -5.13. The number of carbonyl (C=O) groups excluding carboxylic acids is 3. The van der Waals surface area contributed by atoms with E-state index >= 15 is 0 Å². The molecule has 1 fully saturated rings. The van der Waals surface area contributed by atoms with Crippen LogP contribution in [0.5, 0.6) is 0 Å². The lowest BCUT2D eigenvalue weighted by atomic mass is 9.86. The zero-order chi connectivity index (χ0) is 37.1. The Morgan fingerprint density at radius 2 is 1.35 bits per heavy atom. The fourth-order valence-electron chi connectivity index (χ4n) is 6.28. The zero-order valence-corrected chi connectivity index (χ0v) is 31.1. The lowest BCUT2D eigenvalue weighted by molar-refractivity contribution is -0.135. The second kappa shape index (κ2) is 15.0. The third-order valence-corrected chi connectivity index (χ3v) is 8.96. The number of rotatable bonds is 9. The van der Waals surface area contributed by atoms with Crippen LogP contribution in [0.2, 0.25) is 0 Å². The summed E-state index contributed by atoms with van der Waals surface area (Å²) in [6, 6.07) is 15.3. The highest BCUT2D eigenvalue weighted by Crippen LogP contribution is 2.35. The van der Waals surface area contributed by atoms with E-state index in [4.69, 9.17) is 9.47 Å². The number of aromatic amines is 2. The van der Waals surface area contributed by atoms with Gasteiger partial charge in [0.05, 0.1) is 43.0 Å². The maximum Gasteiger partial charge on any atom is 0.408 e. The Kier molecular flexibility index (Phi) is 10.9. The molecule has 0 unspecified atom stereocenters. The molecule has 3 amide bonds. The van der Waals surface area contributed by atoms with Gasteiger partial charge in [0.1, 0.15) is 23.3 Å². The van der Waals surface area contributed by atoms with Crippen LogP contribution in [-0.4, -0.2) is 68.2 Å². The minimum atomic E-state index is -0.681. The van der Waals surface area contributed by atoms with E-state index in [2.05, 4.69) is 67.0 Å². The summed E-state index contributed by atoms with van der Waals surface area (Å²) in [4.78, 5) is 56.0. The lowest BCUT2D eigenvalue weighted by Crippen LogP contribution is -2.51. The van der Waals surface area contributed by atoms with E-state index in [9.17, 15) is 14.4 Å². The number of H-pyrrole nitrogens is 2. The van der Waals surface area contributed by atoms with Crippen LogP contribution in [0.3, 0.4) is 0 Å². The summed E-state index contributed by atoms with van der Waals surface area (Å²) >= 11 is 0. The van der Waals surface area contributed by atoms with Gasteiger partial charge in [-0.05, 0) is 67.2 Å². The van der Waals surface area contributed by atoms with Crippen LogP contribution in [-0.2, 0) is 14.3 Å². The fourth-order valence-corrected chi connectivity index (χ4v) is 6.28. The van der Waals surface area contributed by atoms with Crippen LogP contribution in [0, 0.1) is 11.3 Å². The number of benzene rings is 2. The van der Waals surface area contributed by atoms with Crippen LogP contribution in [0.15, 0.2) is 60.9 Å². The Balaban J connectivity index is 1.26. The molecule has 272 valence electrons. The molecule has 5 rings (SSSR count). The number of aromatic nitrogens is 4. The Morgan fingerprint density at radius 1 is 0.804 bits per heavy atom. The standard InChI is InChI=1S/C39H51N7O5/c1-23(2)31(44-36(48)50-9)35(47)46-20-10-11-30(46)33-40-21-28(42-33)26-16-12-24(13-17-26)25-14-18-27(19-15-25)29-22-41-34(43-29)32(38(3,4)5)45-37(49)51-39(6,7)8/h12-19,21-23,30-32H,10-11,20H2,1-9H3,(H,40,42)(H,41,43)(H,44,48)(H,45,49)/t30-,31-,32+/m0/s1.